The molecule has 0 aliphatic rings. The van der Waals surface area contributed by atoms with E-state index in [2.05, 4.69) is 16.2 Å². The van der Waals surface area contributed by atoms with Crippen molar-refractivity contribution in [1.29, 1.82) is 5.26 Å². The van der Waals surface area contributed by atoms with E-state index in [1.165, 1.54) is 0 Å². The molecule has 6 nitrogen and oxygen atoms in total. The molecule has 0 aliphatic carbocycles. The predicted octanol–water partition coefficient (Wildman–Crippen LogP) is 4.09. The van der Waals surface area contributed by atoms with Crippen molar-refractivity contribution in [3.05, 3.63) is 71.0 Å². The summed E-state index contributed by atoms with van der Waals surface area (Å²) in [7, 11) is 0. The van der Waals surface area contributed by atoms with Crippen molar-refractivity contribution in [2.75, 3.05) is 0 Å². The molecule has 4 rings (SSSR count). The zero-order valence-electron chi connectivity index (χ0n) is 12.9. The van der Waals surface area contributed by atoms with Gasteiger partial charge < -0.3 is 9.14 Å². The topological polar surface area (TPSA) is 76.3 Å². The number of hydrogen-bond donors (Lipinski definition) is 0. The number of nitrogens with zero attached hydrogens (tertiary/aromatic N) is 4. The van der Waals surface area contributed by atoms with Crippen LogP contribution in [0.1, 0.15) is 11.1 Å². The highest BCUT2D eigenvalue weighted by molar-refractivity contribution is 6.33. The molecule has 4 aromatic rings. The molecule has 0 amide bonds. The molecule has 0 saturated carbocycles. The highest BCUT2D eigenvalue weighted by Gasteiger charge is 2.15. The van der Waals surface area contributed by atoms with Crippen LogP contribution in [0.25, 0.3) is 16.9 Å². The van der Waals surface area contributed by atoms with E-state index in [0.717, 1.165) is 11.1 Å². The maximum absolute atomic E-state index is 9.40. The maximum Gasteiger partial charge on any atom is 0.417 e. The first-order valence-corrected chi connectivity index (χ1v) is 7.84. The monoisotopic (exact) mass is 350 g/mol. The highest BCUT2D eigenvalue weighted by Crippen LogP contribution is 2.27. The van der Waals surface area contributed by atoms with Crippen LogP contribution < -0.4 is 4.74 Å². The maximum atomic E-state index is 9.40. The van der Waals surface area contributed by atoms with Crippen LogP contribution in [0.3, 0.4) is 0 Å². The van der Waals surface area contributed by atoms with Gasteiger partial charge in [-0.2, -0.15) is 10.2 Å². The van der Waals surface area contributed by atoms with Crippen molar-refractivity contribution in [2.24, 2.45) is 0 Å². The summed E-state index contributed by atoms with van der Waals surface area (Å²) in [6.07, 6.45) is 3.75. The Morgan fingerprint density at radius 3 is 2.88 bits per heavy atom. The number of halogens is 1. The zero-order valence-corrected chi connectivity index (χ0v) is 13.6. The minimum absolute atomic E-state index is 0.0223. The van der Waals surface area contributed by atoms with Crippen molar-refractivity contribution < 1.29 is 9.26 Å². The Kier molecular flexibility index (Phi) is 3.84. The molecule has 0 atom stereocenters. The number of ether oxygens (including phenoxy) is 1. The molecule has 0 unspecified atom stereocenters. The average Bonchev–Trinajstić information content (AvgIpc) is 3.24. The number of fused-ring (bicyclic) bond motifs is 1. The van der Waals surface area contributed by atoms with E-state index in [1.54, 1.807) is 12.1 Å². The third-order valence-electron chi connectivity index (χ3n) is 3.75. The number of hydrogen-bond acceptors (Lipinski definition) is 5. The van der Waals surface area contributed by atoms with Gasteiger partial charge in [0.2, 0.25) is 5.82 Å². The number of pyridine rings is 1. The Hall–Kier alpha value is -3.30. The summed E-state index contributed by atoms with van der Waals surface area (Å²) in [6, 6.07) is 15.1. The van der Waals surface area contributed by atoms with Gasteiger partial charge in [0.25, 0.3) is 0 Å². The fraction of sp³-hybridized carbons (Fsp3) is 0.0556. The second-order valence-corrected chi connectivity index (χ2v) is 5.69. The Balaban J connectivity index is 1.57. The van der Waals surface area contributed by atoms with E-state index in [0.29, 0.717) is 22.0 Å². The molecule has 0 spiro atoms. The summed E-state index contributed by atoms with van der Waals surface area (Å²) < 4.78 is 12.5. The molecular formula is C18H11ClN4O2. The van der Waals surface area contributed by atoms with E-state index in [4.69, 9.17) is 20.9 Å². The van der Waals surface area contributed by atoms with Crippen molar-refractivity contribution in [3.63, 3.8) is 0 Å². The first kappa shape index (κ1) is 15.2. The SMILES string of the molecule is N#Cc1c(COc2nc(-c3ccccc3Cl)no2)cn2ccccc12. The predicted molar refractivity (Wildman–Crippen MR) is 91.2 cm³/mol. The molecule has 0 aliphatic heterocycles. The number of aromatic nitrogens is 3. The molecule has 0 fully saturated rings. The molecule has 25 heavy (non-hydrogen) atoms. The van der Waals surface area contributed by atoms with Gasteiger partial charge >= 0.3 is 6.08 Å². The highest BCUT2D eigenvalue weighted by atomic mass is 35.5. The van der Waals surface area contributed by atoms with Crippen LogP contribution in [0.2, 0.25) is 5.02 Å². The molecule has 0 N–H and O–H groups in total. The van der Waals surface area contributed by atoms with Crippen LogP contribution in [0.15, 0.2) is 59.4 Å². The minimum Gasteiger partial charge on any atom is -0.444 e. The van der Waals surface area contributed by atoms with Crippen LogP contribution in [-0.2, 0) is 6.61 Å². The van der Waals surface area contributed by atoms with E-state index < -0.39 is 0 Å². The van der Waals surface area contributed by atoms with Gasteiger partial charge in [0, 0.05) is 23.5 Å². The third-order valence-corrected chi connectivity index (χ3v) is 4.08. The number of benzene rings is 1. The number of rotatable bonds is 4. The first-order valence-electron chi connectivity index (χ1n) is 7.46. The standard InChI is InChI=1S/C18H11ClN4O2/c19-15-6-2-1-5-13(15)17-21-18(25-22-17)24-11-12-10-23-8-4-3-7-16(23)14(12)9-20/h1-8,10H,11H2. The molecule has 7 heteroatoms. The zero-order chi connectivity index (χ0) is 17.2. The van der Waals surface area contributed by atoms with Crippen LogP contribution in [0.5, 0.6) is 6.08 Å². The summed E-state index contributed by atoms with van der Waals surface area (Å²) in [4.78, 5) is 4.19. The molecule has 3 heterocycles. The van der Waals surface area contributed by atoms with E-state index >= 15 is 0 Å². The van der Waals surface area contributed by atoms with E-state index in [9.17, 15) is 5.26 Å². The molecule has 0 radical (unpaired) electrons. The van der Waals surface area contributed by atoms with Gasteiger partial charge in [0.05, 0.1) is 16.1 Å². The van der Waals surface area contributed by atoms with Crippen molar-refractivity contribution in [3.8, 4) is 23.5 Å². The summed E-state index contributed by atoms with van der Waals surface area (Å²) in [6.45, 7) is 0.148. The van der Waals surface area contributed by atoms with Gasteiger partial charge in [-0.1, -0.05) is 35.0 Å². The lowest BCUT2D eigenvalue weighted by Gasteiger charge is -1.98. The molecular weight excluding hydrogens is 340 g/mol. The fourth-order valence-electron chi connectivity index (χ4n) is 2.58. The van der Waals surface area contributed by atoms with Gasteiger partial charge in [-0.15, -0.1) is 0 Å². The fourth-order valence-corrected chi connectivity index (χ4v) is 2.80. The Morgan fingerprint density at radius 2 is 2.04 bits per heavy atom. The van der Waals surface area contributed by atoms with Crippen LogP contribution in [0.4, 0.5) is 0 Å². The van der Waals surface area contributed by atoms with E-state index in [-0.39, 0.29) is 12.7 Å². The lowest BCUT2D eigenvalue weighted by Crippen LogP contribution is -1.96. The third kappa shape index (κ3) is 2.82. The molecule has 0 saturated heterocycles. The Labute approximate surface area is 147 Å². The van der Waals surface area contributed by atoms with Crippen LogP contribution >= 0.6 is 11.6 Å². The summed E-state index contributed by atoms with van der Waals surface area (Å²) in [5, 5.41) is 13.8. The minimum atomic E-state index is 0.0223. The molecule has 3 aromatic heterocycles. The summed E-state index contributed by atoms with van der Waals surface area (Å²) in [5.74, 6) is 0.350. The molecule has 0 bridgehead atoms. The largest absolute Gasteiger partial charge is 0.444 e. The molecule has 122 valence electrons. The first-order chi connectivity index (χ1) is 12.3. The lowest BCUT2D eigenvalue weighted by atomic mass is 10.2. The smallest absolute Gasteiger partial charge is 0.417 e. The average molecular weight is 351 g/mol. The summed E-state index contributed by atoms with van der Waals surface area (Å²) >= 11 is 6.12. The normalized spacial score (nSPS) is 10.7. The Morgan fingerprint density at radius 1 is 1.20 bits per heavy atom. The number of nitriles is 1. The van der Waals surface area contributed by atoms with Crippen LogP contribution in [-0.4, -0.2) is 14.5 Å². The second-order valence-electron chi connectivity index (χ2n) is 5.29. The Bertz CT molecular complexity index is 1090. The molecule has 1 aromatic carbocycles. The van der Waals surface area contributed by atoms with Gasteiger partial charge in [0.1, 0.15) is 12.7 Å². The van der Waals surface area contributed by atoms with Gasteiger partial charge in [-0.25, -0.2) is 0 Å². The second kappa shape index (κ2) is 6.30. The quantitative estimate of drug-likeness (QED) is 0.554. The van der Waals surface area contributed by atoms with E-state index in [1.807, 2.05) is 47.1 Å². The lowest BCUT2D eigenvalue weighted by molar-refractivity contribution is 0.195. The van der Waals surface area contributed by atoms with Crippen molar-refractivity contribution in [1.82, 2.24) is 14.5 Å². The van der Waals surface area contributed by atoms with Crippen molar-refractivity contribution in [2.45, 2.75) is 6.61 Å². The van der Waals surface area contributed by atoms with Gasteiger partial charge in [-0.3, -0.25) is 4.52 Å². The summed E-state index contributed by atoms with van der Waals surface area (Å²) in [5.41, 5.74) is 2.79. The van der Waals surface area contributed by atoms with Gasteiger partial charge in [0.15, 0.2) is 0 Å². The van der Waals surface area contributed by atoms with Crippen molar-refractivity contribution >= 4 is 17.1 Å². The van der Waals surface area contributed by atoms with Gasteiger partial charge in [-0.05, 0) is 24.3 Å². The van der Waals surface area contributed by atoms with Crippen LogP contribution in [0, 0.1) is 11.3 Å².